The van der Waals surface area contributed by atoms with Crippen LogP contribution in [0.5, 0.6) is 5.75 Å². The number of halogens is 3. The SMILES string of the molecule is COCCOc1cc(NC2=CC(=O)N(CCO)C2=O)cc(C(F)(F)F)c1. The predicted molar refractivity (Wildman–Crippen MR) is 84.3 cm³/mol. The molecule has 0 bridgehead atoms. The van der Waals surface area contributed by atoms with Crippen LogP contribution < -0.4 is 10.1 Å². The third-order valence-corrected chi connectivity index (χ3v) is 3.40. The quantitative estimate of drug-likeness (QED) is 0.528. The number of alkyl halides is 3. The second-order valence-corrected chi connectivity index (χ2v) is 5.29. The van der Waals surface area contributed by atoms with Crippen LogP contribution in [0.15, 0.2) is 30.0 Å². The molecule has 0 radical (unpaired) electrons. The number of methoxy groups -OCH3 is 1. The van der Waals surface area contributed by atoms with E-state index in [0.29, 0.717) is 0 Å². The van der Waals surface area contributed by atoms with Crippen molar-refractivity contribution in [3.8, 4) is 5.75 Å². The second-order valence-electron chi connectivity index (χ2n) is 5.29. The van der Waals surface area contributed by atoms with Crippen molar-refractivity contribution >= 4 is 17.5 Å². The largest absolute Gasteiger partial charge is 0.491 e. The maximum absolute atomic E-state index is 13.1. The Morgan fingerprint density at radius 2 is 1.92 bits per heavy atom. The lowest BCUT2D eigenvalue weighted by atomic mass is 10.1. The van der Waals surface area contributed by atoms with Gasteiger partial charge >= 0.3 is 6.18 Å². The number of β-amino-alcohol motifs (C(OH)–C–C–N with tert-alkyl or cyclic N) is 1. The van der Waals surface area contributed by atoms with Crippen molar-refractivity contribution in [2.45, 2.75) is 6.18 Å². The van der Waals surface area contributed by atoms with Crippen LogP contribution in [0.4, 0.5) is 18.9 Å². The fraction of sp³-hybridized carbons (Fsp3) is 0.375. The Hall–Kier alpha value is -2.59. The summed E-state index contributed by atoms with van der Waals surface area (Å²) in [6.45, 7) is -0.387. The molecule has 0 aromatic heterocycles. The van der Waals surface area contributed by atoms with Crippen LogP contribution in [0.2, 0.25) is 0 Å². The zero-order valence-electron chi connectivity index (χ0n) is 13.8. The lowest BCUT2D eigenvalue weighted by molar-refractivity contribution is -0.138. The summed E-state index contributed by atoms with van der Waals surface area (Å²) < 4.78 is 49.2. The monoisotopic (exact) mass is 374 g/mol. The molecule has 0 fully saturated rings. The van der Waals surface area contributed by atoms with Crippen LogP contribution in [0.1, 0.15) is 5.56 Å². The van der Waals surface area contributed by atoms with Crippen LogP contribution in [-0.2, 0) is 20.5 Å². The van der Waals surface area contributed by atoms with E-state index in [9.17, 15) is 22.8 Å². The van der Waals surface area contributed by atoms with Crippen molar-refractivity contribution in [2.75, 3.05) is 38.8 Å². The topological polar surface area (TPSA) is 88.1 Å². The normalized spacial score (nSPS) is 14.7. The molecule has 0 atom stereocenters. The molecule has 0 unspecified atom stereocenters. The summed E-state index contributed by atoms with van der Waals surface area (Å²) in [6, 6.07) is 2.91. The molecule has 0 saturated carbocycles. The summed E-state index contributed by atoms with van der Waals surface area (Å²) in [4.78, 5) is 24.6. The lowest BCUT2D eigenvalue weighted by Gasteiger charge is -2.16. The molecule has 1 aromatic rings. The lowest BCUT2D eigenvalue weighted by Crippen LogP contribution is -2.34. The summed E-state index contributed by atoms with van der Waals surface area (Å²) in [6.07, 6.45) is -3.66. The molecule has 2 N–H and O–H groups in total. The van der Waals surface area contributed by atoms with Gasteiger partial charge in [0.25, 0.3) is 11.8 Å². The molecule has 0 aliphatic carbocycles. The molecule has 26 heavy (non-hydrogen) atoms. The number of hydrogen-bond acceptors (Lipinski definition) is 6. The van der Waals surface area contributed by atoms with Crippen LogP contribution >= 0.6 is 0 Å². The fourth-order valence-corrected chi connectivity index (χ4v) is 2.23. The number of aliphatic hydroxyl groups is 1. The Labute approximate surface area is 147 Å². The number of carbonyl (C=O) groups is 2. The van der Waals surface area contributed by atoms with Gasteiger partial charge in [0.05, 0.1) is 25.3 Å². The van der Waals surface area contributed by atoms with Crippen LogP contribution in [-0.4, -0.2) is 55.3 Å². The van der Waals surface area contributed by atoms with E-state index in [0.717, 1.165) is 23.1 Å². The number of ether oxygens (including phenoxy) is 2. The standard InChI is InChI=1S/C16H17F3N2O5/c1-25-4-5-26-12-7-10(16(17,18)19)6-11(8-12)20-13-9-14(23)21(2-3-22)15(13)24/h6-9,20,22H,2-5H2,1H3. The summed E-state index contributed by atoms with van der Waals surface area (Å²) in [5.74, 6) is -1.46. The number of rotatable bonds is 8. The molecule has 0 saturated heterocycles. The van der Waals surface area contributed by atoms with Crippen molar-refractivity contribution in [1.82, 2.24) is 4.90 Å². The summed E-state index contributed by atoms with van der Waals surface area (Å²) in [7, 11) is 1.43. The number of hydrogen-bond donors (Lipinski definition) is 2. The molecular weight excluding hydrogens is 357 g/mol. The van der Waals surface area contributed by atoms with E-state index in [1.165, 1.54) is 13.2 Å². The highest BCUT2D eigenvalue weighted by atomic mass is 19.4. The van der Waals surface area contributed by atoms with Gasteiger partial charge in [-0.15, -0.1) is 0 Å². The molecule has 10 heteroatoms. The van der Waals surface area contributed by atoms with E-state index < -0.39 is 30.2 Å². The van der Waals surface area contributed by atoms with Gasteiger partial charge in [0.1, 0.15) is 18.1 Å². The smallest absolute Gasteiger partial charge is 0.416 e. The molecule has 0 spiro atoms. The molecule has 1 aliphatic rings. The van der Waals surface area contributed by atoms with E-state index in [4.69, 9.17) is 14.6 Å². The van der Waals surface area contributed by atoms with Gasteiger partial charge in [-0.25, -0.2) is 0 Å². The van der Waals surface area contributed by atoms with Crippen molar-refractivity contribution in [3.05, 3.63) is 35.5 Å². The van der Waals surface area contributed by atoms with Gasteiger partial charge in [0.2, 0.25) is 0 Å². The number of aliphatic hydroxyl groups excluding tert-OH is 1. The number of nitrogens with one attached hydrogen (secondary N) is 1. The van der Waals surface area contributed by atoms with E-state index in [2.05, 4.69) is 5.32 Å². The van der Waals surface area contributed by atoms with E-state index in [1.54, 1.807) is 0 Å². The minimum absolute atomic E-state index is 0.0433. The predicted octanol–water partition coefficient (Wildman–Crippen LogP) is 1.39. The molecule has 1 heterocycles. The average molecular weight is 374 g/mol. The Morgan fingerprint density at radius 3 is 2.54 bits per heavy atom. The fourth-order valence-electron chi connectivity index (χ4n) is 2.23. The first-order valence-electron chi connectivity index (χ1n) is 7.55. The van der Waals surface area contributed by atoms with Gasteiger partial charge in [-0.2, -0.15) is 13.2 Å². The first kappa shape index (κ1) is 19.7. The second kappa shape index (κ2) is 8.19. The van der Waals surface area contributed by atoms with E-state index in [-0.39, 0.29) is 36.9 Å². The third kappa shape index (κ3) is 4.73. The van der Waals surface area contributed by atoms with Crippen molar-refractivity contribution < 1.29 is 37.3 Å². The molecule has 2 rings (SSSR count). The number of nitrogens with zero attached hydrogens (tertiary/aromatic N) is 1. The number of carbonyl (C=O) groups excluding carboxylic acids is 2. The van der Waals surface area contributed by atoms with Gasteiger partial charge < -0.3 is 19.9 Å². The molecule has 2 amide bonds. The van der Waals surface area contributed by atoms with Gasteiger partial charge in [-0.3, -0.25) is 14.5 Å². The molecule has 7 nitrogen and oxygen atoms in total. The highest BCUT2D eigenvalue weighted by Gasteiger charge is 2.33. The van der Waals surface area contributed by atoms with E-state index >= 15 is 0 Å². The summed E-state index contributed by atoms with van der Waals surface area (Å²) in [5.41, 5.74) is -1.23. The minimum atomic E-state index is -4.62. The van der Waals surface area contributed by atoms with Crippen LogP contribution in [0, 0.1) is 0 Å². The number of amides is 2. The summed E-state index contributed by atoms with van der Waals surface area (Å²) in [5, 5.41) is 11.4. The molecule has 142 valence electrons. The highest BCUT2D eigenvalue weighted by molar-refractivity contribution is 6.17. The maximum atomic E-state index is 13.1. The van der Waals surface area contributed by atoms with Gasteiger partial charge in [-0.1, -0.05) is 0 Å². The Kier molecular flexibility index (Phi) is 6.22. The molecule has 1 aliphatic heterocycles. The molecular formula is C16H17F3N2O5. The van der Waals surface area contributed by atoms with Crippen LogP contribution in [0.3, 0.4) is 0 Å². The number of imide groups is 1. The highest BCUT2D eigenvalue weighted by Crippen LogP contribution is 2.34. The number of benzene rings is 1. The Bertz CT molecular complexity index is 718. The third-order valence-electron chi connectivity index (χ3n) is 3.40. The summed E-state index contributed by atoms with van der Waals surface area (Å²) >= 11 is 0. The average Bonchev–Trinajstić information content (AvgIpc) is 2.82. The number of anilines is 1. The van der Waals surface area contributed by atoms with Crippen molar-refractivity contribution in [1.29, 1.82) is 0 Å². The zero-order valence-corrected chi connectivity index (χ0v) is 13.8. The Balaban J connectivity index is 2.25. The van der Waals surface area contributed by atoms with Gasteiger partial charge in [0, 0.05) is 24.9 Å². The van der Waals surface area contributed by atoms with Gasteiger partial charge in [-0.05, 0) is 12.1 Å². The minimum Gasteiger partial charge on any atom is -0.491 e. The van der Waals surface area contributed by atoms with E-state index in [1.807, 2.05) is 0 Å². The first-order chi connectivity index (χ1) is 12.3. The molecule has 1 aromatic carbocycles. The van der Waals surface area contributed by atoms with Gasteiger partial charge in [0.15, 0.2) is 0 Å². The van der Waals surface area contributed by atoms with Crippen molar-refractivity contribution in [2.24, 2.45) is 0 Å². The zero-order chi connectivity index (χ0) is 19.3. The van der Waals surface area contributed by atoms with Crippen LogP contribution in [0.25, 0.3) is 0 Å². The Morgan fingerprint density at radius 1 is 1.19 bits per heavy atom. The van der Waals surface area contributed by atoms with Crippen molar-refractivity contribution in [3.63, 3.8) is 0 Å². The first-order valence-corrected chi connectivity index (χ1v) is 7.55. The maximum Gasteiger partial charge on any atom is 0.416 e.